The van der Waals surface area contributed by atoms with E-state index in [0.29, 0.717) is 19.8 Å². The van der Waals surface area contributed by atoms with Gasteiger partial charge in [0.15, 0.2) is 6.29 Å². The van der Waals surface area contributed by atoms with Gasteiger partial charge in [-0.1, -0.05) is 5.11 Å². The highest BCUT2D eigenvalue weighted by molar-refractivity contribution is 4.75. The Morgan fingerprint density at radius 2 is 2.15 bits per heavy atom. The Labute approximate surface area is 77.0 Å². The molecule has 0 aromatic heterocycles. The predicted octanol–water partition coefficient (Wildman–Crippen LogP) is 0.600. The lowest BCUT2D eigenvalue weighted by atomic mass is 10.2. The van der Waals surface area contributed by atoms with Crippen molar-refractivity contribution in [1.29, 1.82) is 0 Å². The summed E-state index contributed by atoms with van der Waals surface area (Å²) in [6, 6.07) is -0.00148. The van der Waals surface area contributed by atoms with Crippen molar-refractivity contribution >= 4 is 0 Å². The number of likely N-dealkylation sites (N-methyl/N-ethyl adjacent to an activating group) is 1. The van der Waals surface area contributed by atoms with Crippen LogP contribution in [0.15, 0.2) is 5.11 Å². The molecule has 0 bridgehead atoms. The fourth-order valence-electron chi connectivity index (χ4n) is 1.21. The molecule has 0 radical (unpaired) electrons. The zero-order valence-corrected chi connectivity index (χ0v) is 7.88. The first-order valence-electron chi connectivity index (χ1n) is 4.16. The molecular formula is C7H14N4O2. The van der Waals surface area contributed by atoms with Crippen LogP contribution in [0.4, 0.5) is 0 Å². The van der Waals surface area contributed by atoms with Crippen LogP contribution in [0, 0.1) is 0 Å². The summed E-state index contributed by atoms with van der Waals surface area (Å²) in [6.07, 6.45) is -0.263. The number of hydrogen-bond acceptors (Lipinski definition) is 4. The van der Waals surface area contributed by atoms with E-state index in [9.17, 15) is 0 Å². The first-order chi connectivity index (χ1) is 6.25. The zero-order valence-electron chi connectivity index (χ0n) is 7.88. The van der Waals surface area contributed by atoms with Crippen molar-refractivity contribution in [2.75, 3.05) is 33.9 Å². The van der Waals surface area contributed by atoms with Crippen molar-refractivity contribution in [1.82, 2.24) is 4.90 Å². The SMILES string of the molecule is CN(C)C(CN=[N+]=[N-])C1OCCO1. The van der Waals surface area contributed by atoms with Crippen molar-refractivity contribution in [3.63, 3.8) is 0 Å². The van der Waals surface area contributed by atoms with Gasteiger partial charge in [0.2, 0.25) is 0 Å². The fourth-order valence-corrected chi connectivity index (χ4v) is 1.21. The molecule has 0 N–H and O–H groups in total. The summed E-state index contributed by atoms with van der Waals surface area (Å²) >= 11 is 0. The number of ether oxygens (including phenoxy) is 2. The minimum absolute atomic E-state index is 0.00148. The van der Waals surface area contributed by atoms with Gasteiger partial charge in [-0.05, 0) is 19.6 Å². The van der Waals surface area contributed by atoms with Crippen LogP contribution in [-0.2, 0) is 9.47 Å². The third-order valence-electron chi connectivity index (χ3n) is 1.96. The molecular weight excluding hydrogens is 172 g/mol. The lowest BCUT2D eigenvalue weighted by Gasteiger charge is -2.26. The van der Waals surface area contributed by atoms with E-state index in [2.05, 4.69) is 10.0 Å². The van der Waals surface area contributed by atoms with Crippen molar-refractivity contribution in [3.05, 3.63) is 10.4 Å². The zero-order chi connectivity index (χ0) is 9.68. The van der Waals surface area contributed by atoms with Gasteiger partial charge in [0.25, 0.3) is 0 Å². The van der Waals surface area contributed by atoms with Gasteiger partial charge in [-0.15, -0.1) is 0 Å². The summed E-state index contributed by atoms with van der Waals surface area (Å²) in [5.74, 6) is 0. The summed E-state index contributed by atoms with van der Waals surface area (Å²) in [7, 11) is 3.81. The first kappa shape index (κ1) is 10.3. The Morgan fingerprint density at radius 1 is 1.54 bits per heavy atom. The number of rotatable bonds is 4. The quantitative estimate of drug-likeness (QED) is 0.366. The van der Waals surface area contributed by atoms with E-state index in [0.717, 1.165) is 0 Å². The molecule has 13 heavy (non-hydrogen) atoms. The molecule has 6 heteroatoms. The van der Waals surface area contributed by atoms with Gasteiger partial charge in [-0.2, -0.15) is 0 Å². The van der Waals surface area contributed by atoms with Crippen LogP contribution in [0.5, 0.6) is 0 Å². The Bertz CT molecular complexity index is 197. The van der Waals surface area contributed by atoms with E-state index in [1.165, 1.54) is 0 Å². The average molecular weight is 186 g/mol. The molecule has 0 spiro atoms. The van der Waals surface area contributed by atoms with Crippen LogP contribution in [0.2, 0.25) is 0 Å². The number of hydrogen-bond donors (Lipinski definition) is 0. The molecule has 0 aliphatic carbocycles. The average Bonchev–Trinajstić information content (AvgIpc) is 2.57. The Morgan fingerprint density at radius 3 is 2.62 bits per heavy atom. The summed E-state index contributed by atoms with van der Waals surface area (Å²) in [5.41, 5.74) is 8.20. The molecule has 1 unspecified atom stereocenters. The topological polar surface area (TPSA) is 70.5 Å². The van der Waals surface area contributed by atoms with E-state index >= 15 is 0 Å². The molecule has 0 aromatic rings. The van der Waals surface area contributed by atoms with Gasteiger partial charge in [-0.3, -0.25) is 0 Å². The predicted molar refractivity (Wildman–Crippen MR) is 47.2 cm³/mol. The van der Waals surface area contributed by atoms with Crippen molar-refractivity contribution in [2.24, 2.45) is 5.11 Å². The maximum atomic E-state index is 8.20. The second-order valence-corrected chi connectivity index (χ2v) is 3.05. The molecule has 1 heterocycles. The number of azide groups is 1. The summed E-state index contributed by atoms with van der Waals surface area (Å²) < 4.78 is 10.7. The Kier molecular flexibility index (Phi) is 3.98. The summed E-state index contributed by atoms with van der Waals surface area (Å²) in [6.45, 7) is 1.60. The normalized spacial score (nSPS) is 20.2. The third-order valence-corrected chi connectivity index (χ3v) is 1.96. The lowest BCUT2D eigenvalue weighted by molar-refractivity contribution is -0.0874. The van der Waals surface area contributed by atoms with Gasteiger partial charge in [-0.25, -0.2) is 0 Å². The lowest BCUT2D eigenvalue weighted by Crippen LogP contribution is -2.41. The van der Waals surface area contributed by atoms with Crippen LogP contribution < -0.4 is 0 Å². The van der Waals surface area contributed by atoms with E-state index in [4.69, 9.17) is 15.0 Å². The highest BCUT2D eigenvalue weighted by Crippen LogP contribution is 2.12. The van der Waals surface area contributed by atoms with Crippen molar-refractivity contribution in [3.8, 4) is 0 Å². The summed E-state index contributed by atoms with van der Waals surface area (Å²) in [5, 5.41) is 3.52. The highest BCUT2D eigenvalue weighted by atomic mass is 16.7. The van der Waals surface area contributed by atoms with Crippen molar-refractivity contribution < 1.29 is 9.47 Å². The van der Waals surface area contributed by atoms with Gasteiger partial charge in [0.1, 0.15) is 0 Å². The molecule has 1 aliphatic rings. The third kappa shape index (κ3) is 2.86. The van der Waals surface area contributed by atoms with E-state index in [1.807, 2.05) is 19.0 Å². The van der Waals surface area contributed by atoms with Crippen LogP contribution >= 0.6 is 0 Å². The van der Waals surface area contributed by atoms with Crippen LogP contribution in [0.3, 0.4) is 0 Å². The van der Waals surface area contributed by atoms with E-state index in [-0.39, 0.29) is 12.3 Å². The van der Waals surface area contributed by atoms with Gasteiger partial charge >= 0.3 is 0 Å². The van der Waals surface area contributed by atoms with Crippen LogP contribution in [0.1, 0.15) is 0 Å². The maximum absolute atomic E-state index is 8.20. The van der Waals surface area contributed by atoms with Gasteiger partial charge < -0.3 is 14.4 Å². The molecule has 1 atom stereocenters. The largest absolute Gasteiger partial charge is 0.349 e. The molecule has 6 nitrogen and oxygen atoms in total. The molecule has 1 fully saturated rings. The second kappa shape index (κ2) is 5.04. The smallest absolute Gasteiger partial charge is 0.173 e. The molecule has 0 saturated carbocycles. The second-order valence-electron chi connectivity index (χ2n) is 3.05. The van der Waals surface area contributed by atoms with Crippen LogP contribution in [0.25, 0.3) is 10.4 Å². The molecule has 0 amide bonds. The maximum Gasteiger partial charge on any atom is 0.173 e. The Balaban J connectivity index is 2.49. The van der Waals surface area contributed by atoms with E-state index < -0.39 is 0 Å². The van der Waals surface area contributed by atoms with Crippen molar-refractivity contribution in [2.45, 2.75) is 12.3 Å². The Hall–Kier alpha value is -0.810. The van der Waals surface area contributed by atoms with E-state index in [1.54, 1.807) is 0 Å². The fraction of sp³-hybridized carbons (Fsp3) is 1.00. The first-order valence-corrected chi connectivity index (χ1v) is 4.16. The molecule has 1 rings (SSSR count). The van der Waals surface area contributed by atoms with Crippen LogP contribution in [-0.4, -0.2) is 51.1 Å². The highest BCUT2D eigenvalue weighted by Gasteiger charge is 2.27. The standard InChI is InChI=1S/C7H14N4O2/c1-11(2)6(5-9-10-8)7-12-3-4-13-7/h6-7H,3-5H2,1-2H3. The molecule has 74 valence electrons. The molecule has 1 aliphatic heterocycles. The number of nitrogens with zero attached hydrogens (tertiary/aromatic N) is 4. The summed E-state index contributed by atoms with van der Waals surface area (Å²) in [4.78, 5) is 4.65. The minimum atomic E-state index is -0.263. The van der Waals surface area contributed by atoms with Gasteiger partial charge in [0.05, 0.1) is 19.3 Å². The molecule has 1 saturated heterocycles. The monoisotopic (exact) mass is 186 g/mol. The molecule has 0 aromatic carbocycles. The van der Waals surface area contributed by atoms with Gasteiger partial charge in [0, 0.05) is 11.5 Å². The minimum Gasteiger partial charge on any atom is -0.349 e.